The van der Waals surface area contributed by atoms with Gasteiger partial charge < -0.3 is 15.0 Å². The maximum atomic E-state index is 13.1. The fourth-order valence-electron chi connectivity index (χ4n) is 2.92. The van der Waals surface area contributed by atoms with E-state index in [1.807, 2.05) is 36.4 Å². The third-order valence-corrected chi connectivity index (χ3v) is 5.03. The van der Waals surface area contributed by atoms with E-state index in [4.69, 9.17) is 16.3 Å². The molecule has 2 aromatic rings. The van der Waals surface area contributed by atoms with Crippen LogP contribution in [0.4, 0.5) is 0 Å². The Kier molecular flexibility index (Phi) is 9.00. The molecule has 6 heteroatoms. The standard InChI is InChI=1S/C23H29ClN2O3/c1-4-5-14-25-23(28)17(2)26(16-19-8-12-21(29-3)13-9-19)22(27)15-18-6-10-20(24)11-7-18/h6-13,17H,4-5,14-16H2,1-3H3,(H,25,28)/t17-/m0/s1. The lowest BCUT2D eigenvalue weighted by atomic mass is 10.1. The number of rotatable bonds is 10. The predicted molar refractivity (Wildman–Crippen MR) is 116 cm³/mol. The molecule has 0 aliphatic rings. The van der Waals surface area contributed by atoms with Gasteiger partial charge in [0.15, 0.2) is 0 Å². The average Bonchev–Trinajstić information content (AvgIpc) is 2.73. The summed E-state index contributed by atoms with van der Waals surface area (Å²) in [5.41, 5.74) is 1.79. The van der Waals surface area contributed by atoms with Crippen molar-refractivity contribution in [2.24, 2.45) is 0 Å². The normalized spacial score (nSPS) is 11.6. The Bertz CT molecular complexity index is 791. The van der Waals surface area contributed by atoms with E-state index in [9.17, 15) is 9.59 Å². The van der Waals surface area contributed by atoms with Gasteiger partial charge >= 0.3 is 0 Å². The molecule has 0 radical (unpaired) electrons. The van der Waals surface area contributed by atoms with Crippen LogP contribution in [0.5, 0.6) is 5.75 Å². The summed E-state index contributed by atoms with van der Waals surface area (Å²) in [4.78, 5) is 27.3. The van der Waals surface area contributed by atoms with Crippen molar-refractivity contribution in [1.82, 2.24) is 10.2 Å². The minimum absolute atomic E-state index is 0.110. The van der Waals surface area contributed by atoms with Crippen molar-refractivity contribution in [3.05, 3.63) is 64.7 Å². The molecule has 0 saturated heterocycles. The molecule has 2 amide bonds. The summed E-state index contributed by atoms with van der Waals surface area (Å²) < 4.78 is 5.20. The zero-order chi connectivity index (χ0) is 21.2. The van der Waals surface area contributed by atoms with E-state index in [2.05, 4.69) is 12.2 Å². The van der Waals surface area contributed by atoms with Crippen LogP contribution in [0.3, 0.4) is 0 Å². The Morgan fingerprint density at radius 1 is 1.07 bits per heavy atom. The lowest BCUT2D eigenvalue weighted by Crippen LogP contribution is -2.48. The van der Waals surface area contributed by atoms with Crippen LogP contribution in [0.15, 0.2) is 48.5 Å². The molecule has 156 valence electrons. The van der Waals surface area contributed by atoms with E-state index in [1.54, 1.807) is 31.1 Å². The average molecular weight is 417 g/mol. The molecule has 0 aliphatic carbocycles. The zero-order valence-electron chi connectivity index (χ0n) is 17.3. The second-order valence-corrected chi connectivity index (χ2v) is 7.43. The van der Waals surface area contributed by atoms with Gasteiger partial charge in [0.2, 0.25) is 11.8 Å². The molecule has 0 bridgehead atoms. The number of benzene rings is 2. The van der Waals surface area contributed by atoms with Crippen LogP contribution in [0, 0.1) is 0 Å². The van der Waals surface area contributed by atoms with Gasteiger partial charge in [0.1, 0.15) is 11.8 Å². The summed E-state index contributed by atoms with van der Waals surface area (Å²) in [6.45, 7) is 4.80. The number of methoxy groups -OCH3 is 1. The Hall–Kier alpha value is -2.53. The van der Waals surface area contributed by atoms with E-state index in [-0.39, 0.29) is 18.2 Å². The summed E-state index contributed by atoms with van der Waals surface area (Å²) in [7, 11) is 1.61. The zero-order valence-corrected chi connectivity index (χ0v) is 18.0. The number of hydrogen-bond acceptors (Lipinski definition) is 3. The van der Waals surface area contributed by atoms with Crippen LogP contribution in [0.25, 0.3) is 0 Å². The molecular weight excluding hydrogens is 388 g/mol. The molecule has 0 fully saturated rings. The van der Waals surface area contributed by atoms with Gasteiger partial charge in [-0.25, -0.2) is 0 Å². The Morgan fingerprint density at radius 2 is 1.69 bits per heavy atom. The Morgan fingerprint density at radius 3 is 2.28 bits per heavy atom. The molecule has 0 aromatic heterocycles. The smallest absolute Gasteiger partial charge is 0.242 e. The fourth-order valence-corrected chi connectivity index (χ4v) is 3.05. The SMILES string of the molecule is CCCCNC(=O)[C@H](C)N(Cc1ccc(OC)cc1)C(=O)Cc1ccc(Cl)cc1. The Labute approximate surface area is 178 Å². The fraction of sp³-hybridized carbons (Fsp3) is 0.391. The molecule has 29 heavy (non-hydrogen) atoms. The van der Waals surface area contributed by atoms with Crippen molar-refractivity contribution >= 4 is 23.4 Å². The van der Waals surface area contributed by atoms with E-state index >= 15 is 0 Å². The first-order chi connectivity index (χ1) is 13.9. The van der Waals surface area contributed by atoms with Crippen molar-refractivity contribution in [2.45, 2.75) is 45.7 Å². The first-order valence-electron chi connectivity index (χ1n) is 9.89. The van der Waals surface area contributed by atoms with Crippen molar-refractivity contribution in [3.63, 3.8) is 0 Å². The van der Waals surface area contributed by atoms with Gasteiger partial charge in [0.05, 0.1) is 13.5 Å². The molecule has 1 atom stereocenters. The van der Waals surface area contributed by atoms with Gasteiger partial charge in [-0.05, 0) is 48.7 Å². The molecule has 2 rings (SSSR count). The molecular formula is C23H29ClN2O3. The van der Waals surface area contributed by atoms with Gasteiger partial charge in [0.25, 0.3) is 0 Å². The summed E-state index contributed by atoms with van der Waals surface area (Å²) in [5.74, 6) is 0.496. The molecule has 0 unspecified atom stereocenters. The molecule has 1 N–H and O–H groups in total. The molecule has 0 aliphatic heterocycles. The quantitative estimate of drug-likeness (QED) is 0.590. The second kappa shape index (κ2) is 11.5. The van der Waals surface area contributed by atoms with Gasteiger partial charge in [-0.2, -0.15) is 0 Å². The first-order valence-corrected chi connectivity index (χ1v) is 10.3. The van der Waals surface area contributed by atoms with E-state index in [1.165, 1.54) is 0 Å². The number of carbonyl (C=O) groups excluding carboxylic acids is 2. The molecule has 5 nitrogen and oxygen atoms in total. The summed E-state index contributed by atoms with van der Waals surface area (Å²) in [5, 5.41) is 3.55. The number of nitrogens with zero attached hydrogens (tertiary/aromatic N) is 1. The third kappa shape index (κ3) is 7.09. The highest BCUT2D eigenvalue weighted by Crippen LogP contribution is 2.17. The topological polar surface area (TPSA) is 58.6 Å². The van der Waals surface area contributed by atoms with E-state index in [0.29, 0.717) is 18.1 Å². The van der Waals surface area contributed by atoms with Crippen molar-refractivity contribution < 1.29 is 14.3 Å². The number of halogens is 1. The van der Waals surface area contributed by atoms with Crippen molar-refractivity contribution in [2.75, 3.05) is 13.7 Å². The maximum absolute atomic E-state index is 13.1. The number of nitrogens with one attached hydrogen (secondary N) is 1. The second-order valence-electron chi connectivity index (χ2n) is 6.99. The van der Waals surface area contributed by atoms with Crippen molar-refractivity contribution in [3.8, 4) is 5.75 Å². The maximum Gasteiger partial charge on any atom is 0.242 e. The lowest BCUT2D eigenvalue weighted by Gasteiger charge is -2.29. The lowest BCUT2D eigenvalue weighted by molar-refractivity contribution is -0.140. The van der Waals surface area contributed by atoms with Gasteiger partial charge in [0, 0.05) is 18.1 Å². The molecule has 0 saturated carbocycles. The summed E-state index contributed by atoms with van der Waals surface area (Å²) >= 11 is 5.94. The minimum atomic E-state index is -0.575. The largest absolute Gasteiger partial charge is 0.497 e. The van der Waals surface area contributed by atoms with Crippen LogP contribution in [0.1, 0.15) is 37.8 Å². The Balaban J connectivity index is 2.16. The van der Waals surface area contributed by atoms with Crippen LogP contribution < -0.4 is 10.1 Å². The van der Waals surface area contributed by atoms with E-state index < -0.39 is 6.04 Å². The highest BCUT2D eigenvalue weighted by Gasteiger charge is 2.26. The monoisotopic (exact) mass is 416 g/mol. The number of amides is 2. The molecule has 2 aromatic carbocycles. The van der Waals surface area contributed by atoms with Crippen LogP contribution >= 0.6 is 11.6 Å². The number of unbranched alkanes of at least 4 members (excludes halogenated alkanes) is 1. The van der Waals surface area contributed by atoms with Gasteiger partial charge in [-0.3, -0.25) is 9.59 Å². The summed E-state index contributed by atoms with van der Waals surface area (Å²) in [6, 6.07) is 14.1. The van der Waals surface area contributed by atoms with Crippen LogP contribution in [0.2, 0.25) is 5.02 Å². The summed E-state index contributed by atoms with van der Waals surface area (Å²) in [6.07, 6.45) is 2.12. The van der Waals surface area contributed by atoms with Gasteiger partial charge in [-0.15, -0.1) is 0 Å². The van der Waals surface area contributed by atoms with Crippen LogP contribution in [-0.2, 0) is 22.6 Å². The predicted octanol–water partition coefficient (Wildman–Crippen LogP) is 4.22. The molecule has 0 spiro atoms. The highest BCUT2D eigenvalue weighted by molar-refractivity contribution is 6.30. The van der Waals surface area contributed by atoms with Gasteiger partial charge in [-0.1, -0.05) is 49.2 Å². The number of ether oxygens (including phenoxy) is 1. The molecule has 0 heterocycles. The highest BCUT2D eigenvalue weighted by atomic mass is 35.5. The van der Waals surface area contributed by atoms with E-state index in [0.717, 1.165) is 29.7 Å². The van der Waals surface area contributed by atoms with Crippen molar-refractivity contribution in [1.29, 1.82) is 0 Å². The third-order valence-electron chi connectivity index (χ3n) is 4.78. The number of hydrogen-bond donors (Lipinski definition) is 1. The first kappa shape index (κ1) is 22.8. The van der Waals surface area contributed by atoms with Crippen LogP contribution in [-0.4, -0.2) is 36.4 Å². The number of carbonyl (C=O) groups is 2. The minimum Gasteiger partial charge on any atom is -0.497 e.